The zero-order valence-electron chi connectivity index (χ0n) is 25.8. The molecule has 12 heteroatoms. The van der Waals surface area contributed by atoms with E-state index in [1.807, 2.05) is 25.1 Å². The van der Waals surface area contributed by atoms with Gasteiger partial charge in [-0.1, -0.05) is 24.6 Å². The van der Waals surface area contributed by atoms with Crippen LogP contribution in [0.5, 0.6) is 5.88 Å². The molecule has 244 valence electrons. The third-order valence-corrected chi connectivity index (χ3v) is 8.80. The van der Waals surface area contributed by atoms with Crippen molar-refractivity contribution in [1.29, 1.82) is 0 Å². The molecule has 3 aromatic rings. The third kappa shape index (κ3) is 7.91. The summed E-state index contributed by atoms with van der Waals surface area (Å²) in [6.07, 6.45) is 2.66. The Bertz CT molecular complexity index is 1430. The first kappa shape index (κ1) is 32.6. The highest BCUT2D eigenvalue weighted by atomic mass is 19.3. The number of amides is 1. The summed E-state index contributed by atoms with van der Waals surface area (Å²) in [6.45, 7) is 5.64. The van der Waals surface area contributed by atoms with Crippen molar-refractivity contribution in [3.8, 4) is 5.88 Å². The van der Waals surface area contributed by atoms with Gasteiger partial charge in [0.15, 0.2) is 5.82 Å². The number of likely N-dealkylation sites (tertiary alicyclic amines) is 1. The van der Waals surface area contributed by atoms with Gasteiger partial charge in [-0.3, -0.25) is 0 Å². The molecule has 0 bridgehead atoms. The van der Waals surface area contributed by atoms with Crippen LogP contribution < -0.4 is 15.0 Å². The van der Waals surface area contributed by atoms with E-state index in [1.54, 1.807) is 6.07 Å². The number of unbranched alkanes of at least 4 members (excludes halogenated alkanes) is 3. The number of fused-ring (bicyclic) bond motifs is 1. The average molecular weight is 628 g/mol. The number of hydrogen-bond donors (Lipinski definition) is 3. The molecule has 1 aromatic heterocycles. The minimum absolute atomic E-state index is 0.0734. The summed E-state index contributed by atoms with van der Waals surface area (Å²) in [4.78, 5) is 14.7. The third-order valence-electron chi connectivity index (χ3n) is 8.80. The summed E-state index contributed by atoms with van der Waals surface area (Å²) in [5, 5.41) is 32.1. The first-order chi connectivity index (χ1) is 21.8. The van der Waals surface area contributed by atoms with E-state index in [1.165, 1.54) is 17.0 Å². The number of rotatable bonds is 13. The summed E-state index contributed by atoms with van der Waals surface area (Å²) >= 11 is 0. The number of aliphatic hydroxyl groups excluding tert-OH is 1. The van der Waals surface area contributed by atoms with E-state index in [0.717, 1.165) is 55.2 Å². The maximum atomic E-state index is 15.7. The molecule has 1 amide bonds. The number of alkyl halides is 2. The number of aromatic nitrogens is 2. The SMILES string of the molecule is CC(Nc1nnc(OCCCCCCO)c2ccc(N3CCOCC3)cc12)c1cccc(C(F)(F)C2CCN(C(=O)O)CC2)c1. The lowest BCUT2D eigenvalue weighted by Crippen LogP contribution is -2.41. The summed E-state index contributed by atoms with van der Waals surface area (Å²) in [6, 6.07) is 12.2. The Morgan fingerprint density at radius 1 is 1.04 bits per heavy atom. The van der Waals surface area contributed by atoms with Gasteiger partial charge < -0.3 is 34.8 Å². The molecule has 0 spiro atoms. The monoisotopic (exact) mass is 627 g/mol. The first-order valence-corrected chi connectivity index (χ1v) is 15.9. The predicted molar refractivity (Wildman–Crippen MR) is 168 cm³/mol. The second kappa shape index (κ2) is 15.0. The van der Waals surface area contributed by atoms with Crippen LogP contribution in [-0.2, 0) is 10.7 Å². The van der Waals surface area contributed by atoms with Crippen molar-refractivity contribution >= 4 is 28.4 Å². The topological polar surface area (TPSA) is 120 Å². The van der Waals surface area contributed by atoms with E-state index in [4.69, 9.17) is 14.6 Å². The molecule has 2 aliphatic heterocycles. The number of hydrogen-bond acceptors (Lipinski definition) is 8. The van der Waals surface area contributed by atoms with E-state index >= 15 is 8.78 Å². The number of ether oxygens (including phenoxy) is 2. The maximum absolute atomic E-state index is 15.7. The van der Waals surface area contributed by atoms with Crippen molar-refractivity contribution in [3.63, 3.8) is 0 Å². The van der Waals surface area contributed by atoms with Crippen molar-refractivity contribution in [2.75, 3.05) is 62.8 Å². The van der Waals surface area contributed by atoms with Gasteiger partial charge in [0.1, 0.15) is 0 Å². The minimum Gasteiger partial charge on any atom is -0.476 e. The minimum atomic E-state index is -3.09. The van der Waals surface area contributed by atoms with E-state index in [2.05, 4.69) is 26.5 Å². The molecule has 10 nitrogen and oxygen atoms in total. The largest absolute Gasteiger partial charge is 0.476 e. The zero-order chi connectivity index (χ0) is 31.8. The van der Waals surface area contributed by atoms with Crippen LogP contribution in [0.3, 0.4) is 0 Å². The van der Waals surface area contributed by atoms with Crippen LogP contribution in [0.4, 0.5) is 25.1 Å². The highest BCUT2D eigenvalue weighted by Crippen LogP contribution is 2.42. The molecule has 45 heavy (non-hydrogen) atoms. The van der Waals surface area contributed by atoms with Crippen molar-refractivity contribution in [1.82, 2.24) is 15.1 Å². The van der Waals surface area contributed by atoms with Crippen LogP contribution in [0.25, 0.3) is 10.8 Å². The van der Waals surface area contributed by atoms with Crippen LogP contribution in [0, 0.1) is 5.92 Å². The Kier molecular flexibility index (Phi) is 10.9. The second-order valence-electron chi connectivity index (χ2n) is 11.8. The smallest absolute Gasteiger partial charge is 0.407 e. The van der Waals surface area contributed by atoms with E-state index in [9.17, 15) is 9.90 Å². The maximum Gasteiger partial charge on any atom is 0.407 e. The average Bonchev–Trinajstić information content (AvgIpc) is 3.07. The predicted octanol–water partition coefficient (Wildman–Crippen LogP) is 6.05. The molecule has 2 saturated heterocycles. The van der Waals surface area contributed by atoms with Crippen LogP contribution in [-0.4, -0.2) is 84.0 Å². The first-order valence-electron chi connectivity index (χ1n) is 15.9. The lowest BCUT2D eigenvalue weighted by molar-refractivity contribution is -0.0836. The molecule has 2 aliphatic rings. The Balaban J connectivity index is 1.36. The van der Waals surface area contributed by atoms with Crippen molar-refractivity contribution in [3.05, 3.63) is 53.6 Å². The van der Waals surface area contributed by atoms with Crippen molar-refractivity contribution < 1.29 is 33.3 Å². The fourth-order valence-electron chi connectivity index (χ4n) is 6.06. The van der Waals surface area contributed by atoms with Gasteiger partial charge in [0.25, 0.3) is 5.92 Å². The number of morpholine rings is 1. The van der Waals surface area contributed by atoms with Gasteiger partial charge in [-0.15, -0.1) is 10.2 Å². The molecule has 1 unspecified atom stereocenters. The second-order valence-corrected chi connectivity index (χ2v) is 11.8. The van der Waals surface area contributed by atoms with Crippen LogP contribution >= 0.6 is 0 Å². The number of halogens is 2. The molecule has 0 saturated carbocycles. The van der Waals surface area contributed by atoms with E-state index in [-0.39, 0.29) is 44.1 Å². The van der Waals surface area contributed by atoms with Gasteiger partial charge in [0.05, 0.1) is 25.9 Å². The molecule has 1 atom stereocenters. The molecule has 0 radical (unpaired) electrons. The molecule has 3 heterocycles. The number of aliphatic hydroxyl groups is 1. The van der Waals surface area contributed by atoms with Crippen LogP contribution in [0.1, 0.15) is 62.6 Å². The number of carboxylic acid groups (broad SMARTS) is 1. The van der Waals surface area contributed by atoms with Gasteiger partial charge >= 0.3 is 6.09 Å². The van der Waals surface area contributed by atoms with Gasteiger partial charge in [0.2, 0.25) is 5.88 Å². The highest BCUT2D eigenvalue weighted by molar-refractivity contribution is 5.97. The van der Waals surface area contributed by atoms with Gasteiger partial charge in [-0.05, 0) is 68.9 Å². The summed E-state index contributed by atoms with van der Waals surface area (Å²) in [7, 11) is 0. The lowest BCUT2D eigenvalue weighted by Gasteiger charge is -2.35. The van der Waals surface area contributed by atoms with Crippen molar-refractivity contribution in [2.24, 2.45) is 5.92 Å². The van der Waals surface area contributed by atoms with Gasteiger partial charge in [-0.2, -0.15) is 0 Å². The van der Waals surface area contributed by atoms with Crippen LogP contribution in [0.15, 0.2) is 42.5 Å². The van der Waals surface area contributed by atoms with Gasteiger partial charge in [0, 0.05) is 60.7 Å². The summed E-state index contributed by atoms with van der Waals surface area (Å²) in [5.74, 6) is -3.05. The molecular formula is C33H43F2N5O5. The number of nitrogens with zero attached hydrogens (tertiary/aromatic N) is 4. The molecule has 2 fully saturated rings. The standard InChI is InChI=1S/C33H43F2N5O5/c1-23(24-7-6-8-26(21-24)33(34,35)25-11-13-40(14-12-25)32(42)43)36-30-29-22-27(39-15-19-44-20-16-39)9-10-28(29)31(38-37-30)45-18-5-3-2-4-17-41/h6-10,21-23,25,41H,2-5,11-20H2,1H3,(H,36,37)(H,42,43). The number of anilines is 2. The van der Waals surface area contributed by atoms with E-state index in [0.29, 0.717) is 37.1 Å². The fraction of sp³-hybridized carbons (Fsp3) is 0.545. The Hall–Kier alpha value is -3.77. The molecular weight excluding hydrogens is 584 g/mol. The lowest BCUT2D eigenvalue weighted by atomic mass is 9.85. The molecule has 3 N–H and O–H groups in total. The Morgan fingerprint density at radius 3 is 2.53 bits per heavy atom. The number of piperidine rings is 1. The number of benzene rings is 2. The van der Waals surface area contributed by atoms with Gasteiger partial charge in [-0.25, -0.2) is 13.6 Å². The molecule has 0 aliphatic carbocycles. The molecule has 2 aromatic carbocycles. The Morgan fingerprint density at radius 2 is 1.80 bits per heavy atom. The van der Waals surface area contributed by atoms with E-state index < -0.39 is 17.9 Å². The zero-order valence-corrected chi connectivity index (χ0v) is 25.8. The summed E-state index contributed by atoms with van der Waals surface area (Å²) < 4.78 is 42.9. The quantitative estimate of drug-likeness (QED) is 0.195. The normalized spacial score (nSPS) is 17.0. The number of nitrogens with one attached hydrogen (secondary N) is 1. The Labute approximate surface area is 262 Å². The van der Waals surface area contributed by atoms with Crippen LogP contribution in [0.2, 0.25) is 0 Å². The summed E-state index contributed by atoms with van der Waals surface area (Å²) in [5.41, 5.74) is 1.63. The highest BCUT2D eigenvalue weighted by Gasteiger charge is 2.43. The molecule has 5 rings (SSSR count). The van der Waals surface area contributed by atoms with Crippen molar-refractivity contribution in [2.45, 2.75) is 57.4 Å². The number of carbonyl (C=O) groups is 1. The fourth-order valence-corrected chi connectivity index (χ4v) is 6.06.